The van der Waals surface area contributed by atoms with Crippen molar-refractivity contribution in [2.24, 2.45) is 0 Å². The third-order valence-corrected chi connectivity index (χ3v) is 7.30. The molecule has 4 rings (SSSR count). The lowest BCUT2D eigenvalue weighted by molar-refractivity contribution is 0.141. The largest absolute Gasteiger partial charge is 0.291 e. The summed E-state index contributed by atoms with van der Waals surface area (Å²) in [5, 5.41) is 1.07. The van der Waals surface area contributed by atoms with Crippen molar-refractivity contribution in [3.05, 3.63) is 66.1 Å². The highest BCUT2D eigenvalue weighted by Gasteiger charge is 2.31. The summed E-state index contributed by atoms with van der Waals surface area (Å²) in [7, 11) is -3.44. The lowest BCUT2D eigenvalue weighted by atomic mass is 10.1. The molecule has 2 heterocycles. The molecule has 32 heavy (non-hydrogen) atoms. The molecule has 0 bridgehead atoms. The number of sulfonamides is 1. The van der Waals surface area contributed by atoms with Gasteiger partial charge in [0.05, 0.1) is 16.5 Å². The molecule has 1 aromatic heterocycles. The summed E-state index contributed by atoms with van der Waals surface area (Å²) in [5.74, 6) is 0.788. The van der Waals surface area contributed by atoms with Crippen LogP contribution in [0.5, 0.6) is 0 Å². The Hall–Kier alpha value is -2.35. The van der Waals surface area contributed by atoms with Crippen molar-refractivity contribution in [1.29, 1.82) is 0 Å². The number of hydrogen-bond donors (Lipinski definition) is 0. The standard InChI is InChI=1S/C21H24N4O2S.2C2H6/c1-16-19-10-6-7-11-20(19)23-21(22-16)17(2)24-12-14-25(15-13-24)28(26,27)18-8-4-3-5-9-18;2*1-2/h3-11,17H,12-15H2,1-2H3;2*1-2H3. The molecule has 174 valence electrons. The molecule has 1 fully saturated rings. The van der Waals surface area contributed by atoms with Crippen LogP contribution in [0.3, 0.4) is 0 Å². The molecule has 1 aliphatic rings. The molecule has 6 nitrogen and oxygen atoms in total. The Morgan fingerprint density at radius 2 is 1.38 bits per heavy atom. The Labute approximate surface area is 193 Å². The fourth-order valence-corrected chi connectivity index (χ4v) is 5.12. The number of fused-ring (bicyclic) bond motifs is 1. The van der Waals surface area contributed by atoms with Crippen LogP contribution >= 0.6 is 0 Å². The number of rotatable bonds is 4. The van der Waals surface area contributed by atoms with Crippen LogP contribution in [-0.2, 0) is 10.0 Å². The van der Waals surface area contributed by atoms with Gasteiger partial charge in [-0.3, -0.25) is 4.90 Å². The molecule has 0 N–H and O–H groups in total. The number of piperazine rings is 1. The van der Waals surface area contributed by atoms with Crippen LogP contribution in [0.4, 0.5) is 0 Å². The lowest BCUT2D eigenvalue weighted by Gasteiger charge is -2.36. The van der Waals surface area contributed by atoms with Gasteiger partial charge in [0.25, 0.3) is 0 Å². The minimum Gasteiger partial charge on any atom is -0.291 e. The minimum atomic E-state index is -3.44. The number of hydrogen-bond acceptors (Lipinski definition) is 5. The van der Waals surface area contributed by atoms with Crippen molar-refractivity contribution in [3.8, 4) is 0 Å². The predicted octanol–water partition coefficient (Wildman–Crippen LogP) is 5.06. The zero-order valence-electron chi connectivity index (χ0n) is 20.1. The molecular weight excluding hydrogens is 420 g/mol. The van der Waals surface area contributed by atoms with E-state index in [1.807, 2.05) is 65.0 Å². The van der Waals surface area contributed by atoms with Gasteiger partial charge in [-0.2, -0.15) is 4.31 Å². The van der Waals surface area contributed by atoms with Gasteiger partial charge in [0.15, 0.2) is 0 Å². The van der Waals surface area contributed by atoms with Crippen molar-refractivity contribution in [3.63, 3.8) is 0 Å². The topological polar surface area (TPSA) is 66.4 Å². The average Bonchev–Trinajstić information content (AvgIpc) is 2.86. The second-order valence-electron chi connectivity index (χ2n) is 7.11. The van der Waals surface area contributed by atoms with Crippen LogP contribution < -0.4 is 0 Å². The van der Waals surface area contributed by atoms with Crippen LogP contribution in [0.1, 0.15) is 52.2 Å². The Morgan fingerprint density at radius 1 is 0.812 bits per heavy atom. The Kier molecular flexibility index (Phi) is 9.75. The average molecular weight is 457 g/mol. The van der Waals surface area contributed by atoms with Crippen molar-refractivity contribution >= 4 is 20.9 Å². The van der Waals surface area contributed by atoms with Crippen LogP contribution in [-0.4, -0.2) is 53.8 Å². The normalized spacial score (nSPS) is 15.8. The van der Waals surface area contributed by atoms with Gasteiger partial charge < -0.3 is 0 Å². The fraction of sp³-hybridized carbons (Fsp3) is 0.440. The maximum atomic E-state index is 12.8. The second-order valence-corrected chi connectivity index (χ2v) is 9.05. The molecule has 1 saturated heterocycles. The highest BCUT2D eigenvalue weighted by Crippen LogP contribution is 2.24. The summed E-state index contributed by atoms with van der Waals surface area (Å²) in [5.41, 5.74) is 1.92. The second kappa shape index (κ2) is 12.0. The number of para-hydroxylation sites is 1. The SMILES string of the molecule is CC.CC.Cc1nc(C(C)N2CCN(S(=O)(=O)c3ccccc3)CC2)nc2ccccc12. The number of aryl methyl sites for hydroxylation is 1. The van der Waals surface area contributed by atoms with E-state index < -0.39 is 10.0 Å². The van der Waals surface area contributed by atoms with E-state index in [9.17, 15) is 8.42 Å². The Morgan fingerprint density at radius 3 is 2.00 bits per heavy atom. The highest BCUT2D eigenvalue weighted by molar-refractivity contribution is 7.89. The van der Waals surface area contributed by atoms with E-state index in [4.69, 9.17) is 9.97 Å². The summed E-state index contributed by atoms with van der Waals surface area (Å²) in [6, 6.07) is 16.7. The van der Waals surface area contributed by atoms with Crippen LogP contribution in [0.15, 0.2) is 59.5 Å². The van der Waals surface area contributed by atoms with Crippen LogP contribution in [0, 0.1) is 6.92 Å². The molecule has 0 spiro atoms. The van der Waals surface area contributed by atoms with E-state index in [0.29, 0.717) is 31.1 Å². The third-order valence-electron chi connectivity index (χ3n) is 5.39. The minimum absolute atomic E-state index is 0.0323. The maximum Gasteiger partial charge on any atom is 0.243 e. The van der Waals surface area contributed by atoms with Gasteiger partial charge in [-0.05, 0) is 32.0 Å². The molecule has 1 atom stereocenters. The van der Waals surface area contributed by atoms with Crippen molar-refractivity contribution in [2.45, 2.75) is 52.5 Å². The van der Waals surface area contributed by atoms with Gasteiger partial charge >= 0.3 is 0 Å². The first-order chi connectivity index (χ1) is 15.5. The first-order valence-corrected chi connectivity index (χ1v) is 12.9. The molecule has 3 aromatic rings. The first-order valence-electron chi connectivity index (χ1n) is 11.5. The predicted molar refractivity (Wildman–Crippen MR) is 132 cm³/mol. The molecule has 0 amide bonds. The van der Waals surface area contributed by atoms with Gasteiger partial charge in [-0.15, -0.1) is 0 Å². The smallest absolute Gasteiger partial charge is 0.243 e. The summed E-state index contributed by atoms with van der Waals surface area (Å²) < 4.78 is 27.2. The Balaban J connectivity index is 0.000000860. The van der Waals surface area contributed by atoms with Crippen LogP contribution in [0.2, 0.25) is 0 Å². The van der Waals surface area contributed by atoms with E-state index in [1.54, 1.807) is 28.6 Å². The van der Waals surface area contributed by atoms with E-state index in [1.165, 1.54) is 0 Å². The molecule has 2 aromatic carbocycles. The third kappa shape index (κ3) is 5.71. The zero-order chi connectivity index (χ0) is 23.7. The molecule has 0 aliphatic carbocycles. The quantitative estimate of drug-likeness (QED) is 0.549. The first kappa shape index (κ1) is 25.9. The summed E-state index contributed by atoms with van der Waals surface area (Å²) in [6.45, 7) is 14.3. The number of nitrogens with zero attached hydrogens (tertiary/aromatic N) is 4. The molecule has 1 unspecified atom stereocenters. The maximum absolute atomic E-state index is 12.8. The van der Waals surface area contributed by atoms with E-state index in [0.717, 1.165) is 22.4 Å². The van der Waals surface area contributed by atoms with E-state index >= 15 is 0 Å². The lowest BCUT2D eigenvalue weighted by Crippen LogP contribution is -2.49. The molecule has 0 radical (unpaired) electrons. The molecule has 0 saturated carbocycles. The van der Waals surface area contributed by atoms with E-state index in [-0.39, 0.29) is 6.04 Å². The van der Waals surface area contributed by atoms with Gasteiger partial charge in [0.1, 0.15) is 5.82 Å². The van der Waals surface area contributed by atoms with Gasteiger partial charge in [-0.25, -0.2) is 18.4 Å². The van der Waals surface area contributed by atoms with Crippen molar-refractivity contribution in [2.75, 3.05) is 26.2 Å². The van der Waals surface area contributed by atoms with Crippen molar-refractivity contribution in [1.82, 2.24) is 19.2 Å². The summed E-state index contributed by atoms with van der Waals surface area (Å²) >= 11 is 0. The molecular formula is C25H36N4O2S. The molecule has 7 heteroatoms. The highest BCUT2D eigenvalue weighted by atomic mass is 32.2. The van der Waals surface area contributed by atoms with Crippen LogP contribution in [0.25, 0.3) is 10.9 Å². The Bertz CT molecular complexity index is 1080. The summed E-state index contributed by atoms with van der Waals surface area (Å²) in [6.07, 6.45) is 0. The van der Waals surface area contributed by atoms with E-state index in [2.05, 4.69) is 11.8 Å². The van der Waals surface area contributed by atoms with Crippen molar-refractivity contribution < 1.29 is 8.42 Å². The van der Waals surface area contributed by atoms with Gasteiger partial charge in [0, 0.05) is 37.3 Å². The van der Waals surface area contributed by atoms with Gasteiger partial charge in [0.2, 0.25) is 10.0 Å². The fourth-order valence-electron chi connectivity index (χ4n) is 3.68. The van der Waals surface area contributed by atoms with Gasteiger partial charge in [-0.1, -0.05) is 64.1 Å². The summed E-state index contributed by atoms with van der Waals surface area (Å²) in [4.78, 5) is 12.1. The number of benzene rings is 2. The molecule has 1 aliphatic heterocycles. The zero-order valence-corrected chi connectivity index (χ0v) is 20.9. The number of aromatic nitrogens is 2. The monoisotopic (exact) mass is 456 g/mol.